The fourth-order valence-electron chi connectivity index (χ4n) is 1.88. The lowest BCUT2D eigenvalue weighted by molar-refractivity contribution is 0.405. The van der Waals surface area contributed by atoms with Crippen molar-refractivity contribution in [3.8, 4) is 11.3 Å². The van der Waals surface area contributed by atoms with Gasteiger partial charge in [0.1, 0.15) is 5.82 Å². The minimum Gasteiger partial charge on any atom is -0.370 e. The quantitative estimate of drug-likeness (QED) is 0.655. The van der Waals surface area contributed by atoms with Gasteiger partial charge in [-0.15, -0.1) is 0 Å². The number of rotatable bonds is 6. The van der Waals surface area contributed by atoms with Crippen molar-refractivity contribution in [2.24, 2.45) is 0 Å². The summed E-state index contributed by atoms with van der Waals surface area (Å²) in [5.74, 6) is 0.766. The van der Waals surface area contributed by atoms with Gasteiger partial charge in [0.05, 0.1) is 5.69 Å². The van der Waals surface area contributed by atoms with E-state index in [1.165, 1.54) is 0 Å². The van der Waals surface area contributed by atoms with Crippen LogP contribution in [-0.4, -0.2) is 42.1 Å². The molecule has 2 aromatic rings. The Labute approximate surface area is 124 Å². The van der Waals surface area contributed by atoms with Gasteiger partial charge in [0, 0.05) is 18.2 Å². The van der Waals surface area contributed by atoms with Gasteiger partial charge in [-0.05, 0) is 38.7 Å². The summed E-state index contributed by atoms with van der Waals surface area (Å²) in [6, 6.07) is 11.9. The lowest BCUT2D eigenvalue weighted by Gasteiger charge is -2.11. The summed E-state index contributed by atoms with van der Waals surface area (Å²) in [5, 5.41) is 3.55. The van der Waals surface area contributed by atoms with Crippen LogP contribution in [0.1, 0.15) is 6.42 Å². The molecule has 1 aromatic carbocycles. The molecule has 0 bridgehead atoms. The van der Waals surface area contributed by atoms with Crippen LogP contribution < -0.4 is 5.32 Å². The monoisotopic (exact) mass is 290 g/mol. The van der Waals surface area contributed by atoms with E-state index in [0.29, 0.717) is 0 Å². The van der Waals surface area contributed by atoms with Crippen LogP contribution in [0.15, 0.2) is 36.4 Å². The van der Waals surface area contributed by atoms with Crippen LogP contribution in [0, 0.1) is 0 Å². The minimum absolute atomic E-state index is 0.265. The van der Waals surface area contributed by atoms with Crippen LogP contribution in [0.4, 0.5) is 5.82 Å². The number of hydrogen-bond acceptors (Lipinski definition) is 4. The Bertz CT molecular complexity index is 543. The standard InChI is InChI=1S/C15H19ClN4/c1-20(2)10-6-9-17-14-11-13(18-15(16)19-14)12-7-4-3-5-8-12/h3-5,7-8,11H,6,9-10H2,1-2H3,(H,17,18,19). The van der Waals surface area contributed by atoms with Crippen LogP contribution >= 0.6 is 11.6 Å². The molecule has 0 aliphatic heterocycles. The zero-order valence-electron chi connectivity index (χ0n) is 11.8. The van der Waals surface area contributed by atoms with Crippen LogP contribution in [0.25, 0.3) is 11.3 Å². The fourth-order valence-corrected chi connectivity index (χ4v) is 2.06. The molecule has 0 saturated carbocycles. The van der Waals surface area contributed by atoms with Crippen molar-refractivity contribution in [1.82, 2.24) is 14.9 Å². The largest absolute Gasteiger partial charge is 0.370 e. The van der Waals surface area contributed by atoms with Gasteiger partial charge in [-0.2, -0.15) is 0 Å². The Morgan fingerprint density at radius 3 is 2.60 bits per heavy atom. The number of hydrogen-bond donors (Lipinski definition) is 1. The third-order valence-corrected chi connectivity index (χ3v) is 3.03. The van der Waals surface area contributed by atoms with E-state index in [4.69, 9.17) is 11.6 Å². The molecule has 1 N–H and O–H groups in total. The first-order chi connectivity index (χ1) is 9.65. The summed E-state index contributed by atoms with van der Waals surface area (Å²) < 4.78 is 0. The summed E-state index contributed by atoms with van der Waals surface area (Å²) >= 11 is 5.99. The van der Waals surface area contributed by atoms with Gasteiger partial charge in [-0.1, -0.05) is 30.3 Å². The smallest absolute Gasteiger partial charge is 0.224 e. The molecule has 106 valence electrons. The first-order valence-electron chi connectivity index (χ1n) is 6.64. The molecule has 1 heterocycles. The molecule has 0 saturated heterocycles. The van der Waals surface area contributed by atoms with Gasteiger partial charge in [-0.3, -0.25) is 0 Å². The van der Waals surface area contributed by atoms with Crippen molar-refractivity contribution in [2.75, 3.05) is 32.5 Å². The van der Waals surface area contributed by atoms with E-state index in [1.54, 1.807) is 0 Å². The summed E-state index contributed by atoms with van der Waals surface area (Å²) in [4.78, 5) is 10.6. The van der Waals surface area contributed by atoms with E-state index in [0.717, 1.165) is 36.6 Å². The number of nitrogens with zero attached hydrogens (tertiary/aromatic N) is 3. The second-order valence-corrected chi connectivity index (χ2v) is 5.20. The first-order valence-corrected chi connectivity index (χ1v) is 7.01. The summed E-state index contributed by atoms with van der Waals surface area (Å²) in [5.41, 5.74) is 1.87. The summed E-state index contributed by atoms with van der Waals surface area (Å²) in [6.45, 7) is 1.90. The van der Waals surface area contributed by atoms with Gasteiger partial charge in [0.2, 0.25) is 5.28 Å². The van der Waals surface area contributed by atoms with Gasteiger partial charge in [0.15, 0.2) is 0 Å². The van der Waals surface area contributed by atoms with Crippen molar-refractivity contribution in [1.29, 1.82) is 0 Å². The average Bonchev–Trinajstić information content (AvgIpc) is 2.44. The third kappa shape index (κ3) is 4.47. The molecule has 0 unspecified atom stereocenters. The third-order valence-electron chi connectivity index (χ3n) is 2.86. The Balaban J connectivity index is 2.05. The van der Waals surface area contributed by atoms with E-state index < -0.39 is 0 Å². The maximum atomic E-state index is 5.99. The Morgan fingerprint density at radius 2 is 1.90 bits per heavy atom. The second kappa shape index (κ2) is 7.22. The lowest BCUT2D eigenvalue weighted by atomic mass is 10.1. The summed E-state index contributed by atoms with van der Waals surface area (Å²) in [6.07, 6.45) is 1.05. The molecule has 2 rings (SSSR count). The van der Waals surface area contributed by atoms with Crippen LogP contribution in [-0.2, 0) is 0 Å². The minimum atomic E-state index is 0.265. The van der Waals surface area contributed by atoms with E-state index >= 15 is 0 Å². The predicted molar refractivity (Wildman–Crippen MR) is 84.1 cm³/mol. The number of halogens is 1. The highest BCUT2D eigenvalue weighted by Gasteiger charge is 2.04. The maximum absolute atomic E-state index is 5.99. The SMILES string of the molecule is CN(C)CCCNc1cc(-c2ccccc2)nc(Cl)n1. The topological polar surface area (TPSA) is 41.0 Å². The second-order valence-electron chi connectivity index (χ2n) is 4.86. The zero-order chi connectivity index (χ0) is 14.4. The van der Waals surface area contributed by atoms with Gasteiger partial charge in [0.25, 0.3) is 0 Å². The van der Waals surface area contributed by atoms with Crippen LogP contribution in [0.3, 0.4) is 0 Å². The number of aromatic nitrogens is 2. The Kier molecular flexibility index (Phi) is 5.32. The van der Waals surface area contributed by atoms with Gasteiger partial charge >= 0.3 is 0 Å². The van der Waals surface area contributed by atoms with Crippen molar-refractivity contribution >= 4 is 17.4 Å². The molecule has 0 aliphatic rings. The lowest BCUT2D eigenvalue weighted by Crippen LogP contribution is -2.16. The molecule has 20 heavy (non-hydrogen) atoms. The van der Waals surface area contributed by atoms with Crippen molar-refractivity contribution in [2.45, 2.75) is 6.42 Å². The molecular weight excluding hydrogens is 272 g/mol. The normalized spacial score (nSPS) is 10.8. The molecule has 0 radical (unpaired) electrons. The summed E-state index contributed by atoms with van der Waals surface area (Å²) in [7, 11) is 4.13. The molecule has 0 atom stereocenters. The first kappa shape index (κ1) is 14.8. The van der Waals surface area contributed by atoms with Crippen LogP contribution in [0.5, 0.6) is 0 Å². The van der Waals surface area contributed by atoms with E-state index in [9.17, 15) is 0 Å². The van der Waals surface area contributed by atoms with Crippen molar-refractivity contribution in [3.63, 3.8) is 0 Å². The van der Waals surface area contributed by atoms with Crippen molar-refractivity contribution in [3.05, 3.63) is 41.7 Å². The van der Waals surface area contributed by atoms with E-state index in [2.05, 4.69) is 34.3 Å². The number of benzene rings is 1. The fraction of sp³-hybridized carbons (Fsp3) is 0.333. The molecule has 5 heteroatoms. The molecule has 1 aromatic heterocycles. The van der Waals surface area contributed by atoms with Crippen molar-refractivity contribution < 1.29 is 0 Å². The number of nitrogens with one attached hydrogen (secondary N) is 1. The Hall–Kier alpha value is -1.65. The van der Waals surface area contributed by atoms with E-state index in [1.807, 2.05) is 36.4 Å². The average molecular weight is 291 g/mol. The zero-order valence-corrected chi connectivity index (χ0v) is 12.6. The highest BCUT2D eigenvalue weighted by atomic mass is 35.5. The van der Waals surface area contributed by atoms with E-state index in [-0.39, 0.29) is 5.28 Å². The molecule has 4 nitrogen and oxygen atoms in total. The molecule has 0 aliphatic carbocycles. The van der Waals surface area contributed by atoms with Gasteiger partial charge < -0.3 is 10.2 Å². The molecule has 0 fully saturated rings. The molecule has 0 amide bonds. The van der Waals surface area contributed by atoms with Gasteiger partial charge in [-0.25, -0.2) is 9.97 Å². The number of anilines is 1. The molecular formula is C15H19ClN4. The highest BCUT2D eigenvalue weighted by molar-refractivity contribution is 6.28. The highest BCUT2D eigenvalue weighted by Crippen LogP contribution is 2.21. The maximum Gasteiger partial charge on any atom is 0.224 e. The molecule has 0 spiro atoms. The Morgan fingerprint density at radius 1 is 1.15 bits per heavy atom. The predicted octanol–water partition coefficient (Wildman–Crippen LogP) is 3.16. The van der Waals surface area contributed by atoms with Crippen LogP contribution in [0.2, 0.25) is 5.28 Å².